The lowest BCUT2D eigenvalue weighted by Gasteiger charge is -2.32. The van der Waals surface area contributed by atoms with E-state index < -0.39 is 0 Å². The predicted octanol–water partition coefficient (Wildman–Crippen LogP) is 5.06. The first-order chi connectivity index (χ1) is 14.7. The molecule has 5 rings (SSSR count). The first kappa shape index (κ1) is 19.8. The minimum Gasteiger partial charge on any atom is -0.349 e. The van der Waals surface area contributed by atoms with Crippen LogP contribution in [0.5, 0.6) is 0 Å². The summed E-state index contributed by atoms with van der Waals surface area (Å²) < 4.78 is 0. The number of rotatable bonds is 6. The zero-order valence-electron chi connectivity index (χ0n) is 17.9. The van der Waals surface area contributed by atoms with Crippen LogP contribution in [0.4, 0.5) is 0 Å². The van der Waals surface area contributed by atoms with Gasteiger partial charge in [-0.1, -0.05) is 48.9 Å². The number of likely N-dealkylation sites (tertiary alicyclic amines) is 1. The maximum absolute atomic E-state index is 12.6. The molecule has 1 N–H and O–H groups in total. The molecule has 0 radical (unpaired) electrons. The van der Waals surface area contributed by atoms with Gasteiger partial charge in [-0.2, -0.15) is 0 Å². The number of carbonyl (C=O) groups excluding carboxylic acids is 1. The molecule has 2 aromatic rings. The van der Waals surface area contributed by atoms with Crippen molar-refractivity contribution in [3.8, 4) is 0 Å². The summed E-state index contributed by atoms with van der Waals surface area (Å²) in [6.45, 7) is 3.33. The molecule has 3 heteroatoms. The van der Waals surface area contributed by atoms with Crippen LogP contribution >= 0.6 is 0 Å². The molecule has 2 bridgehead atoms. The van der Waals surface area contributed by atoms with E-state index in [2.05, 4.69) is 52.7 Å². The fourth-order valence-corrected chi connectivity index (χ4v) is 5.99. The first-order valence-corrected chi connectivity index (χ1v) is 11.9. The number of fused-ring (bicyclic) bond motifs is 2. The molecule has 0 unspecified atom stereocenters. The third-order valence-corrected chi connectivity index (χ3v) is 7.75. The van der Waals surface area contributed by atoms with Crippen molar-refractivity contribution in [2.75, 3.05) is 13.1 Å². The van der Waals surface area contributed by atoms with Gasteiger partial charge >= 0.3 is 0 Å². The minimum atomic E-state index is 0.112. The molecule has 2 aromatic carbocycles. The second-order valence-corrected chi connectivity index (χ2v) is 9.86. The molecule has 2 saturated carbocycles. The second kappa shape index (κ2) is 8.93. The highest BCUT2D eigenvalue weighted by molar-refractivity contribution is 5.94. The Labute approximate surface area is 180 Å². The molecule has 3 fully saturated rings. The highest BCUT2D eigenvalue weighted by Gasteiger charge is 2.40. The maximum Gasteiger partial charge on any atom is 0.251 e. The number of nitrogens with zero attached hydrogens (tertiary/aromatic N) is 1. The smallest absolute Gasteiger partial charge is 0.251 e. The quantitative estimate of drug-likeness (QED) is 0.732. The van der Waals surface area contributed by atoms with E-state index in [0.29, 0.717) is 6.04 Å². The highest BCUT2D eigenvalue weighted by atomic mass is 16.1. The molecule has 1 heterocycles. The van der Waals surface area contributed by atoms with Crippen molar-refractivity contribution < 1.29 is 4.79 Å². The zero-order chi connectivity index (χ0) is 20.3. The number of amides is 1. The lowest BCUT2D eigenvalue weighted by Crippen LogP contribution is -2.38. The topological polar surface area (TPSA) is 32.3 Å². The van der Waals surface area contributed by atoms with Crippen LogP contribution in [-0.4, -0.2) is 29.9 Å². The summed E-state index contributed by atoms with van der Waals surface area (Å²) in [4.78, 5) is 15.2. The average Bonchev–Trinajstić information content (AvgIpc) is 3.40. The molecule has 0 spiro atoms. The monoisotopic (exact) mass is 402 g/mol. The first-order valence-electron chi connectivity index (χ1n) is 11.9. The van der Waals surface area contributed by atoms with Gasteiger partial charge in [0.2, 0.25) is 0 Å². The Morgan fingerprint density at radius 1 is 0.867 bits per heavy atom. The third kappa shape index (κ3) is 4.62. The summed E-state index contributed by atoms with van der Waals surface area (Å²) in [5.41, 5.74) is 3.59. The normalized spacial score (nSPS) is 26.7. The molecule has 1 aliphatic heterocycles. The molecule has 158 valence electrons. The van der Waals surface area contributed by atoms with E-state index in [1.807, 2.05) is 12.1 Å². The fraction of sp³-hybridized carbons (Fsp3) is 0.519. The van der Waals surface area contributed by atoms with Crippen LogP contribution in [-0.2, 0) is 13.0 Å². The van der Waals surface area contributed by atoms with Crippen molar-refractivity contribution in [2.24, 2.45) is 17.8 Å². The van der Waals surface area contributed by atoms with Crippen molar-refractivity contribution >= 4 is 5.91 Å². The van der Waals surface area contributed by atoms with Gasteiger partial charge in [0.25, 0.3) is 5.91 Å². The minimum absolute atomic E-state index is 0.112. The van der Waals surface area contributed by atoms with E-state index in [1.165, 1.54) is 69.2 Å². The van der Waals surface area contributed by atoms with E-state index in [1.54, 1.807) is 0 Å². The van der Waals surface area contributed by atoms with Crippen molar-refractivity contribution in [1.82, 2.24) is 10.2 Å². The second-order valence-electron chi connectivity index (χ2n) is 9.86. The molecule has 1 saturated heterocycles. The van der Waals surface area contributed by atoms with Crippen molar-refractivity contribution in [1.29, 1.82) is 0 Å². The van der Waals surface area contributed by atoms with Gasteiger partial charge in [-0.3, -0.25) is 9.69 Å². The molecular weight excluding hydrogens is 368 g/mol. The van der Waals surface area contributed by atoms with E-state index in [4.69, 9.17) is 0 Å². The molecule has 0 aromatic heterocycles. The van der Waals surface area contributed by atoms with Gasteiger partial charge < -0.3 is 5.32 Å². The Morgan fingerprint density at radius 2 is 1.63 bits per heavy atom. The van der Waals surface area contributed by atoms with E-state index >= 15 is 0 Å². The summed E-state index contributed by atoms with van der Waals surface area (Å²) in [5, 5.41) is 3.30. The van der Waals surface area contributed by atoms with Crippen molar-refractivity contribution in [3.05, 3.63) is 71.3 Å². The van der Waals surface area contributed by atoms with Crippen LogP contribution in [0.2, 0.25) is 0 Å². The summed E-state index contributed by atoms with van der Waals surface area (Å²) >= 11 is 0. The molecule has 3 aliphatic rings. The fourth-order valence-electron chi connectivity index (χ4n) is 5.99. The van der Waals surface area contributed by atoms with Gasteiger partial charge in [0.15, 0.2) is 0 Å². The number of hydrogen-bond donors (Lipinski definition) is 1. The van der Waals surface area contributed by atoms with Gasteiger partial charge in [-0.25, -0.2) is 0 Å². The SMILES string of the molecule is O=C(N[C@@H]1C[C@H]2CC[C@H]1C2)c1ccc(CN2CCC(Cc3ccccc3)CC2)cc1. The standard InChI is InChI=1S/C27H34N2O/c30-27(28-26-18-23-8-11-25(26)17-23)24-9-6-22(7-10-24)19-29-14-12-21(13-15-29)16-20-4-2-1-3-5-20/h1-7,9-10,21,23,25-26H,8,11-19H2,(H,28,30)/t23-,25-,26+/m0/s1. The molecule has 2 aliphatic carbocycles. The van der Waals surface area contributed by atoms with Crippen molar-refractivity contribution in [3.63, 3.8) is 0 Å². The van der Waals surface area contributed by atoms with E-state index in [0.717, 1.165) is 29.9 Å². The number of nitrogens with one attached hydrogen (secondary N) is 1. The van der Waals surface area contributed by atoms with Gasteiger partial charge in [-0.15, -0.1) is 0 Å². The Hall–Kier alpha value is -2.13. The van der Waals surface area contributed by atoms with Crippen molar-refractivity contribution in [2.45, 2.75) is 57.5 Å². The molecule has 1 amide bonds. The number of piperidine rings is 1. The number of benzene rings is 2. The zero-order valence-corrected chi connectivity index (χ0v) is 17.9. The van der Waals surface area contributed by atoms with Gasteiger partial charge in [0.1, 0.15) is 0 Å². The van der Waals surface area contributed by atoms with E-state index in [-0.39, 0.29) is 5.91 Å². The third-order valence-electron chi connectivity index (χ3n) is 7.75. The lowest BCUT2D eigenvalue weighted by molar-refractivity contribution is 0.0923. The van der Waals surface area contributed by atoms with Crippen LogP contribution in [0.1, 0.15) is 60.0 Å². The molecule has 3 atom stereocenters. The Kier molecular flexibility index (Phi) is 5.90. The summed E-state index contributed by atoms with van der Waals surface area (Å²) in [6, 6.07) is 19.6. The Balaban J connectivity index is 1.08. The maximum atomic E-state index is 12.6. The van der Waals surface area contributed by atoms with Gasteiger partial charge in [0.05, 0.1) is 0 Å². The van der Waals surface area contributed by atoms with Crippen LogP contribution in [0.25, 0.3) is 0 Å². The number of hydrogen-bond acceptors (Lipinski definition) is 2. The highest BCUT2D eigenvalue weighted by Crippen LogP contribution is 2.44. The molecular formula is C27H34N2O. The average molecular weight is 403 g/mol. The molecule has 3 nitrogen and oxygen atoms in total. The Morgan fingerprint density at radius 3 is 2.30 bits per heavy atom. The lowest BCUT2D eigenvalue weighted by atomic mass is 9.90. The van der Waals surface area contributed by atoms with E-state index in [9.17, 15) is 4.79 Å². The largest absolute Gasteiger partial charge is 0.349 e. The Bertz CT molecular complexity index is 839. The van der Waals surface area contributed by atoms with Crippen LogP contribution in [0.15, 0.2) is 54.6 Å². The number of carbonyl (C=O) groups is 1. The van der Waals surface area contributed by atoms with Gasteiger partial charge in [-0.05, 0) is 92.6 Å². The summed E-state index contributed by atoms with van der Waals surface area (Å²) in [7, 11) is 0. The molecule has 30 heavy (non-hydrogen) atoms. The van der Waals surface area contributed by atoms with Crippen LogP contribution in [0, 0.1) is 17.8 Å². The predicted molar refractivity (Wildman–Crippen MR) is 121 cm³/mol. The van der Waals surface area contributed by atoms with Crippen LogP contribution in [0.3, 0.4) is 0 Å². The van der Waals surface area contributed by atoms with Crippen LogP contribution < -0.4 is 5.32 Å². The summed E-state index contributed by atoms with van der Waals surface area (Å²) in [5.74, 6) is 2.50. The summed E-state index contributed by atoms with van der Waals surface area (Å²) in [6.07, 6.45) is 8.95. The van der Waals surface area contributed by atoms with Gasteiger partial charge in [0, 0.05) is 18.2 Å².